The summed E-state index contributed by atoms with van der Waals surface area (Å²) in [6.45, 7) is 3.39. The fourth-order valence-electron chi connectivity index (χ4n) is 2.17. The summed E-state index contributed by atoms with van der Waals surface area (Å²) < 4.78 is 3.36. The third kappa shape index (κ3) is 3.79. The van der Waals surface area contributed by atoms with E-state index in [2.05, 4.69) is 32.4 Å². The van der Waals surface area contributed by atoms with E-state index in [0.717, 1.165) is 6.54 Å². The molecule has 0 aliphatic rings. The number of amides is 1. The van der Waals surface area contributed by atoms with Gasteiger partial charge in [0.05, 0.1) is 0 Å². The molecule has 8 nitrogen and oxygen atoms in total. The van der Waals surface area contributed by atoms with Crippen LogP contribution in [0.1, 0.15) is 17.3 Å². The third-order valence-corrected chi connectivity index (χ3v) is 3.33. The molecule has 0 aromatic carbocycles. The van der Waals surface area contributed by atoms with Gasteiger partial charge in [0.1, 0.15) is 12.7 Å². The zero-order valence-electron chi connectivity index (χ0n) is 12.7. The number of carbonyl (C=O) groups excluding carboxylic acids is 1. The zero-order valence-corrected chi connectivity index (χ0v) is 12.7. The molecule has 3 rings (SSSR count). The molecule has 0 radical (unpaired) electrons. The van der Waals surface area contributed by atoms with Crippen molar-refractivity contribution in [2.75, 3.05) is 6.54 Å². The van der Waals surface area contributed by atoms with Crippen LogP contribution in [0.5, 0.6) is 0 Å². The molecule has 0 aliphatic heterocycles. The lowest BCUT2D eigenvalue weighted by Crippen LogP contribution is -2.30. The van der Waals surface area contributed by atoms with Crippen LogP contribution in [0.2, 0.25) is 0 Å². The summed E-state index contributed by atoms with van der Waals surface area (Å²) in [5.74, 6) is 0.691. The second-order valence-electron chi connectivity index (χ2n) is 5.29. The Kier molecular flexibility index (Phi) is 4.41. The van der Waals surface area contributed by atoms with E-state index in [-0.39, 0.29) is 11.8 Å². The predicted octanol–water partition coefficient (Wildman–Crippen LogP) is 0.925. The molecule has 1 atom stereocenters. The molecular formula is C15H17N7O. The van der Waals surface area contributed by atoms with Crippen LogP contribution in [-0.4, -0.2) is 42.0 Å². The first-order valence-corrected chi connectivity index (χ1v) is 7.29. The Morgan fingerprint density at radius 2 is 2.26 bits per heavy atom. The molecule has 0 aliphatic carbocycles. The fourth-order valence-corrected chi connectivity index (χ4v) is 2.17. The van der Waals surface area contributed by atoms with Crippen LogP contribution in [0, 0.1) is 5.92 Å². The van der Waals surface area contributed by atoms with Crippen LogP contribution >= 0.6 is 0 Å². The number of aromatic nitrogens is 6. The van der Waals surface area contributed by atoms with Crippen molar-refractivity contribution in [1.29, 1.82) is 0 Å². The summed E-state index contributed by atoms with van der Waals surface area (Å²) in [4.78, 5) is 20.3. The molecular weight excluding hydrogens is 294 g/mol. The van der Waals surface area contributed by atoms with E-state index in [9.17, 15) is 4.79 Å². The van der Waals surface area contributed by atoms with Gasteiger partial charge in [-0.05, 0) is 24.1 Å². The fraction of sp³-hybridized carbons (Fsp3) is 0.267. The Hall–Kier alpha value is -3.03. The van der Waals surface area contributed by atoms with Crippen LogP contribution in [0.4, 0.5) is 0 Å². The average Bonchev–Trinajstić information content (AvgIpc) is 3.26. The summed E-state index contributed by atoms with van der Waals surface area (Å²) in [6, 6.07) is 5.24. The largest absolute Gasteiger partial charge is 0.352 e. The van der Waals surface area contributed by atoms with Gasteiger partial charge in [0.2, 0.25) is 0 Å². The van der Waals surface area contributed by atoms with Crippen LogP contribution < -0.4 is 5.32 Å². The van der Waals surface area contributed by atoms with Crippen LogP contribution in [0.3, 0.4) is 0 Å². The zero-order chi connectivity index (χ0) is 16.1. The molecule has 0 bridgehead atoms. The summed E-state index contributed by atoms with van der Waals surface area (Å²) in [6.07, 6.45) is 8.19. The topological polar surface area (TPSA) is 90.5 Å². The second kappa shape index (κ2) is 6.82. The standard InChI is InChI=1S/C15H17N7O/c1-12(9-21-6-2-4-19-21)8-18-15(23)13-3-5-17-14(7-13)22-11-16-10-20-22/h2-7,10-12H,8-9H2,1H3,(H,18,23)/t12-/m0/s1. The lowest BCUT2D eigenvalue weighted by Gasteiger charge is -2.13. The van der Waals surface area contributed by atoms with E-state index in [1.807, 2.05) is 16.9 Å². The van der Waals surface area contributed by atoms with Gasteiger partial charge in [0.15, 0.2) is 5.82 Å². The summed E-state index contributed by atoms with van der Waals surface area (Å²) in [5, 5.41) is 11.1. The van der Waals surface area contributed by atoms with Crippen molar-refractivity contribution in [2.45, 2.75) is 13.5 Å². The minimum atomic E-state index is -0.138. The molecule has 3 heterocycles. The lowest BCUT2D eigenvalue weighted by molar-refractivity contribution is 0.0946. The number of rotatable bonds is 6. The molecule has 3 aromatic heterocycles. The van der Waals surface area contributed by atoms with Gasteiger partial charge in [0, 0.05) is 37.2 Å². The average molecular weight is 311 g/mol. The molecule has 23 heavy (non-hydrogen) atoms. The van der Waals surface area contributed by atoms with Crippen molar-refractivity contribution in [3.8, 4) is 5.82 Å². The van der Waals surface area contributed by atoms with Crippen LogP contribution in [0.15, 0.2) is 49.4 Å². The molecule has 0 fully saturated rings. The molecule has 0 unspecified atom stereocenters. The molecule has 0 saturated heterocycles. The van der Waals surface area contributed by atoms with E-state index < -0.39 is 0 Å². The number of hydrogen-bond donors (Lipinski definition) is 1. The van der Waals surface area contributed by atoms with Gasteiger partial charge in [0.25, 0.3) is 5.91 Å². The molecule has 118 valence electrons. The van der Waals surface area contributed by atoms with Crippen molar-refractivity contribution < 1.29 is 4.79 Å². The Morgan fingerprint density at radius 1 is 1.35 bits per heavy atom. The van der Waals surface area contributed by atoms with Crippen LogP contribution in [-0.2, 0) is 6.54 Å². The molecule has 8 heteroatoms. The molecule has 0 saturated carbocycles. The predicted molar refractivity (Wildman–Crippen MR) is 82.9 cm³/mol. The van der Waals surface area contributed by atoms with Gasteiger partial charge in [-0.15, -0.1) is 0 Å². The molecule has 1 amide bonds. The Bertz CT molecular complexity index is 752. The summed E-state index contributed by atoms with van der Waals surface area (Å²) in [7, 11) is 0. The highest BCUT2D eigenvalue weighted by Gasteiger charge is 2.10. The van der Waals surface area contributed by atoms with Crippen molar-refractivity contribution in [2.24, 2.45) is 5.92 Å². The van der Waals surface area contributed by atoms with Crippen molar-refractivity contribution in [1.82, 2.24) is 34.8 Å². The number of hydrogen-bond acceptors (Lipinski definition) is 5. The van der Waals surface area contributed by atoms with E-state index in [0.29, 0.717) is 17.9 Å². The summed E-state index contributed by atoms with van der Waals surface area (Å²) in [5.41, 5.74) is 0.539. The number of carbonyl (C=O) groups is 1. The molecule has 3 aromatic rings. The van der Waals surface area contributed by atoms with Crippen molar-refractivity contribution in [3.05, 3.63) is 55.0 Å². The maximum absolute atomic E-state index is 12.3. The van der Waals surface area contributed by atoms with Gasteiger partial charge in [-0.3, -0.25) is 9.48 Å². The van der Waals surface area contributed by atoms with Gasteiger partial charge in [-0.1, -0.05) is 6.92 Å². The van der Waals surface area contributed by atoms with Gasteiger partial charge in [-0.2, -0.15) is 10.2 Å². The van der Waals surface area contributed by atoms with Crippen molar-refractivity contribution in [3.63, 3.8) is 0 Å². The first kappa shape index (κ1) is 14.9. The second-order valence-corrected chi connectivity index (χ2v) is 5.29. The lowest BCUT2D eigenvalue weighted by atomic mass is 10.1. The maximum atomic E-state index is 12.3. The summed E-state index contributed by atoms with van der Waals surface area (Å²) >= 11 is 0. The normalized spacial score (nSPS) is 12.0. The highest BCUT2D eigenvalue weighted by Crippen LogP contribution is 2.06. The first-order chi connectivity index (χ1) is 11.2. The Labute approximate surface area is 133 Å². The van der Waals surface area contributed by atoms with Gasteiger partial charge < -0.3 is 5.32 Å². The third-order valence-electron chi connectivity index (χ3n) is 3.33. The van der Waals surface area contributed by atoms with Crippen molar-refractivity contribution >= 4 is 5.91 Å². The Balaban J connectivity index is 1.59. The first-order valence-electron chi connectivity index (χ1n) is 7.29. The van der Waals surface area contributed by atoms with Crippen LogP contribution in [0.25, 0.3) is 5.82 Å². The number of pyridine rings is 1. The van der Waals surface area contributed by atoms with E-state index >= 15 is 0 Å². The van der Waals surface area contributed by atoms with E-state index in [1.54, 1.807) is 24.5 Å². The monoisotopic (exact) mass is 311 g/mol. The Morgan fingerprint density at radius 3 is 3.00 bits per heavy atom. The highest BCUT2D eigenvalue weighted by atomic mass is 16.1. The van der Waals surface area contributed by atoms with Gasteiger partial charge >= 0.3 is 0 Å². The SMILES string of the molecule is C[C@@H](CNC(=O)c1ccnc(-n2cncn2)c1)Cn1cccn1. The highest BCUT2D eigenvalue weighted by molar-refractivity contribution is 5.94. The van der Waals surface area contributed by atoms with E-state index in [4.69, 9.17) is 0 Å². The number of nitrogens with one attached hydrogen (secondary N) is 1. The smallest absolute Gasteiger partial charge is 0.251 e. The van der Waals surface area contributed by atoms with Gasteiger partial charge in [-0.25, -0.2) is 14.6 Å². The minimum absolute atomic E-state index is 0.138. The van der Waals surface area contributed by atoms with E-state index in [1.165, 1.54) is 17.3 Å². The molecule has 0 spiro atoms. The molecule has 1 N–H and O–H groups in total. The number of nitrogens with zero attached hydrogens (tertiary/aromatic N) is 6. The minimum Gasteiger partial charge on any atom is -0.352 e. The quantitative estimate of drug-likeness (QED) is 0.731. The maximum Gasteiger partial charge on any atom is 0.251 e.